The van der Waals surface area contributed by atoms with E-state index in [1.54, 1.807) is 6.07 Å². The van der Waals surface area contributed by atoms with E-state index in [-0.39, 0.29) is 5.39 Å². The van der Waals surface area contributed by atoms with E-state index in [0.29, 0.717) is 28.9 Å². The fourth-order valence-corrected chi connectivity index (χ4v) is 4.29. The van der Waals surface area contributed by atoms with Crippen molar-refractivity contribution in [2.75, 3.05) is 0 Å². The van der Waals surface area contributed by atoms with E-state index in [0.717, 1.165) is 27.8 Å². The zero-order valence-electron chi connectivity index (χ0n) is 20.3. The van der Waals surface area contributed by atoms with Gasteiger partial charge >= 0.3 is 12.1 Å². The summed E-state index contributed by atoms with van der Waals surface area (Å²) in [4.78, 5) is 20.9. The number of aromatic nitrogens is 2. The van der Waals surface area contributed by atoms with Gasteiger partial charge in [-0.2, -0.15) is 13.2 Å². The van der Waals surface area contributed by atoms with Gasteiger partial charge in [0.05, 0.1) is 16.6 Å². The number of hydrogen-bond donors (Lipinski definition) is 1. The van der Waals surface area contributed by atoms with E-state index in [1.165, 1.54) is 6.20 Å². The summed E-state index contributed by atoms with van der Waals surface area (Å²) in [6, 6.07) is 26.2. The first kappa shape index (κ1) is 25.1. The normalized spacial score (nSPS) is 11.5. The van der Waals surface area contributed by atoms with Gasteiger partial charge in [-0.1, -0.05) is 78.9 Å². The van der Waals surface area contributed by atoms with Crippen molar-refractivity contribution in [1.82, 2.24) is 9.97 Å². The maximum Gasteiger partial charge on any atom is 0.491 e. The Bertz CT molecular complexity index is 1630. The molecule has 0 aliphatic rings. The van der Waals surface area contributed by atoms with Crippen LogP contribution >= 0.6 is 0 Å². The molecule has 0 atom stereocenters. The summed E-state index contributed by atoms with van der Waals surface area (Å²) in [5.41, 5.74) is 12.3. The smallest absolute Gasteiger partial charge is 0.400 e. The zero-order chi connectivity index (χ0) is 26.9. The molecule has 0 fully saturated rings. The minimum atomic E-state index is -5.18. The van der Waals surface area contributed by atoms with Gasteiger partial charge in [-0.05, 0) is 35.2 Å². The van der Waals surface area contributed by atoms with Crippen molar-refractivity contribution in [3.8, 4) is 39.4 Å². The summed E-state index contributed by atoms with van der Waals surface area (Å²) in [5.74, 6) is -2.81. The van der Waals surface area contributed by atoms with E-state index in [4.69, 9.17) is 15.5 Å². The molecular formula is C30H22F3N3O2. The highest BCUT2D eigenvalue weighted by molar-refractivity contribution is 6.02. The molecule has 8 heteroatoms. The second kappa shape index (κ2) is 10.1. The van der Waals surface area contributed by atoms with E-state index in [1.807, 2.05) is 85.8 Å². The van der Waals surface area contributed by atoms with Crippen molar-refractivity contribution in [2.24, 2.45) is 5.73 Å². The van der Waals surface area contributed by atoms with Gasteiger partial charge in [0, 0.05) is 29.4 Å². The zero-order valence-corrected chi connectivity index (χ0v) is 20.3. The number of ether oxygens (including phenoxy) is 1. The van der Waals surface area contributed by atoms with Crippen LogP contribution in [-0.4, -0.2) is 22.1 Å². The molecule has 5 aromatic rings. The van der Waals surface area contributed by atoms with Crippen LogP contribution in [0.3, 0.4) is 0 Å². The molecular weight excluding hydrogens is 491 g/mol. The fraction of sp³-hybridized carbons (Fsp3) is 0.100. The number of alkyl halides is 3. The number of pyridine rings is 2. The largest absolute Gasteiger partial charge is 0.491 e. The van der Waals surface area contributed by atoms with Crippen LogP contribution in [0.15, 0.2) is 91.1 Å². The molecule has 190 valence electrons. The van der Waals surface area contributed by atoms with Gasteiger partial charge in [-0.25, -0.2) is 14.8 Å². The molecule has 2 heterocycles. The van der Waals surface area contributed by atoms with Crippen molar-refractivity contribution in [3.63, 3.8) is 0 Å². The molecule has 0 aliphatic heterocycles. The molecule has 0 spiro atoms. The van der Waals surface area contributed by atoms with Gasteiger partial charge in [-0.15, -0.1) is 0 Å². The van der Waals surface area contributed by atoms with Gasteiger partial charge in [0.15, 0.2) is 0 Å². The third-order valence-corrected chi connectivity index (χ3v) is 6.22. The summed E-state index contributed by atoms with van der Waals surface area (Å²) < 4.78 is 44.0. The lowest BCUT2D eigenvalue weighted by Gasteiger charge is -2.17. The SMILES string of the molecule is Cc1ccccc1-c1cnc(OC(=O)C(F)(F)F)c2cc(-c3ccccc3)c(-c3ccc(CN)cc3)nc12. The number of carbonyl (C=O) groups excluding carboxylic acids is 1. The standard InChI is InChI=1S/C30H22F3N3O2/c1-18-7-5-6-10-22(18)25-17-35-28(38-29(37)30(31,32)33)24-15-23(20-8-3-2-4-9-20)26(36-27(24)25)21-13-11-19(16-34)12-14-21/h2-15,17H,16,34H2,1H3. The molecule has 0 unspecified atom stereocenters. The second-order valence-corrected chi connectivity index (χ2v) is 8.73. The van der Waals surface area contributed by atoms with Crippen LogP contribution in [0.25, 0.3) is 44.4 Å². The molecule has 0 amide bonds. The van der Waals surface area contributed by atoms with Gasteiger partial charge in [0.25, 0.3) is 0 Å². The highest BCUT2D eigenvalue weighted by atomic mass is 19.4. The van der Waals surface area contributed by atoms with Crippen molar-refractivity contribution in [1.29, 1.82) is 0 Å². The third-order valence-electron chi connectivity index (χ3n) is 6.22. The molecule has 0 saturated heterocycles. The lowest BCUT2D eigenvalue weighted by atomic mass is 9.94. The van der Waals surface area contributed by atoms with Crippen molar-refractivity contribution in [3.05, 3.63) is 102 Å². The molecule has 5 rings (SSSR count). The topological polar surface area (TPSA) is 78.1 Å². The summed E-state index contributed by atoms with van der Waals surface area (Å²) in [5, 5.41) is 0.185. The van der Waals surface area contributed by atoms with Crippen LogP contribution in [0, 0.1) is 6.92 Å². The predicted octanol–water partition coefficient (Wildman–Crippen LogP) is 6.87. The lowest BCUT2D eigenvalue weighted by Crippen LogP contribution is -2.28. The number of rotatable bonds is 5. The molecule has 38 heavy (non-hydrogen) atoms. The Labute approximate surface area is 216 Å². The number of hydrogen-bond acceptors (Lipinski definition) is 5. The number of carbonyl (C=O) groups is 1. The highest BCUT2D eigenvalue weighted by Gasteiger charge is 2.42. The third kappa shape index (κ3) is 4.86. The van der Waals surface area contributed by atoms with Gasteiger partial charge in [0.2, 0.25) is 5.88 Å². The van der Waals surface area contributed by atoms with E-state index >= 15 is 0 Å². The monoisotopic (exact) mass is 513 g/mol. The molecule has 2 aromatic heterocycles. The molecule has 0 aliphatic carbocycles. The van der Waals surface area contributed by atoms with E-state index in [9.17, 15) is 18.0 Å². The Hall–Kier alpha value is -4.56. The van der Waals surface area contributed by atoms with Crippen LogP contribution in [0.2, 0.25) is 0 Å². The first-order chi connectivity index (χ1) is 18.3. The van der Waals surface area contributed by atoms with Gasteiger partial charge in [0.1, 0.15) is 0 Å². The molecule has 0 radical (unpaired) electrons. The van der Waals surface area contributed by atoms with Crippen LogP contribution in [0.1, 0.15) is 11.1 Å². The maximum atomic E-state index is 13.1. The summed E-state index contributed by atoms with van der Waals surface area (Å²) in [7, 11) is 0. The van der Waals surface area contributed by atoms with Crippen LogP contribution in [0.5, 0.6) is 5.88 Å². The van der Waals surface area contributed by atoms with Crippen LogP contribution in [0.4, 0.5) is 13.2 Å². The summed E-state index contributed by atoms with van der Waals surface area (Å²) in [6.07, 6.45) is -3.79. The maximum absolute atomic E-state index is 13.1. The molecule has 0 saturated carbocycles. The average Bonchev–Trinajstić information content (AvgIpc) is 2.93. The molecule has 5 nitrogen and oxygen atoms in total. The first-order valence-electron chi connectivity index (χ1n) is 11.8. The summed E-state index contributed by atoms with van der Waals surface area (Å²) >= 11 is 0. The second-order valence-electron chi connectivity index (χ2n) is 8.73. The Morgan fingerprint density at radius 2 is 1.55 bits per heavy atom. The highest BCUT2D eigenvalue weighted by Crippen LogP contribution is 2.40. The number of benzene rings is 3. The minimum absolute atomic E-state index is 0.185. The molecule has 2 N–H and O–H groups in total. The molecule has 0 bridgehead atoms. The fourth-order valence-electron chi connectivity index (χ4n) is 4.29. The first-order valence-corrected chi connectivity index (χ1v) is 11.8. The van der Waals surface area contributed by atoms with Crippen molar-refractivity contribution in [2.45, 2.75) is 19.6 Å². The number of fused-ring (bicyclic) bond motifs is 1. The van der Waals surface area contributed by atoms with Crippen molar-refractivity contribution >= 4 is 16.9 Å². The van der Waals surface area contributed by atoms with Gasteiger partial charge in [-0.3, -0.25) is 0 Å². The number of nitrogens with two attached hydrogens (primary N) is 1. The van der Waals surface area contributed by atoms with Gasteiger partial charge < -0.3 is 10.5 Å². The van der Waals surface area contributed by atoms with Crippen LogP contribution < -0.4 is 10.5 Å². The minimum Gasteiger partial charge on any atom is -0.400 e. The Balaban J connectivity index is 1.84. The number of aryl methyl sites for hydroxylation is 1. The average molecular weight is 514 g/mol. The van der Waals surface area contributed by atoms with Crippen LogP contribution in [-0.2, 0) is 11.3 Å². The van der Waals surface area contributed by atoms with E-state index in [2.05, 4.69) is 4.98 Å². The van der Waals surface area contributed by atoms with Crippen molar-refractivity contribution < 1.29 is 22.7 Å². The quantitative estimate of drug-likeness (QED) is 0.260. The Morgan fingerprint density at radius 1 is 0.868 bits per heavy atom. The lowest BCUT2D eigenvalue weighted by molar-refractivity contribution is -0.189. The predicted molar refractivity (Wildman–Crippen MR) is 140 cm³/mol. The van der Waals surface area contributed by atoms with E-state index < -0.39 is 18.0 Å². The summed E-state index contributed by atoms with van der Waals surface area (Å²) in [6.45, 7) is 2.30. The number of halogens is 3. The number of nitrogens with zero attached hydrogens (tertiary/aromatic N) is 2. The Morgan fingerprint density at radius 3 is 2.21 bits per heavy atom. The number of esters is 1. The Kier molecular flexibility index (Phi) is 6.65. The molecule has 3 aromatic carbocycles.